The average Bonchev–Trinajstić information content (AvgIpc) is 2.36. The molecule has 1 amide bonds. The first kappa shape index (κ1) is 13.5. The Morgan fingerprint density at radius 3 is 3.06 bits per heavy atom. The van der Waals surface area contributed by atoms with Crippen molar-refractivity contribution in [1.82, 2.24) is 4.90 Å². The van der Waals surface area contributed by atoms with Crippen molar-refractivity contribution in [1.29, 1.82) is 0 Å². The fourth-order valence-corrected chi connectivity index (χ4v) is 2.40. The quantitative estimate of drug-likeness (QED) is 0.919. The Hall–Kier alpha value is -0.910. The standard InChI is InChI=1S/C13H17BrN2O2/c1-9-2-3-11(14)4-10(9)6-16-7-12(5-15)18-8-13(16)17/h2-4,12H,5-8,15H2,1H3. The number of carbonyl (C=O) groups is 1. The van der Waals surface area contributed by atoms with Gasteiger partial charge in [0.15, 0.2) is 0 Å². The summed E-state index contributed by atoms with van der Waals surface area (Å²) in [5.74, 6) is 0.0269. The van der Waals surface area contributed by atoms with Gasteiger partial charge in [-0.15, -0.1) is 0 Å². The number of hydrogen-bond donors (Lipinski definition) is 1. The molecule has 18 heavy (non-hydrogen) atoms. The molecule has 2 rings (SSSR count). The lowest BCUT2D eigenvalue weighted by Crippen LogP contribution is -2.48. The summed E-state index contributed by atoms with van der Waals surface area (Å²) in [6.07, 6.45) is -0.0461. The van der Waals surface area contributed by atoms with Gasteiger partial charge in [-0.25, -0.2) is 0 Å². The van der Waals surface area contributed by atoms with Crippen LogP contribution in [-0.4, -0.2) is 36.6 Å². The topological polar surface area (TPSA) is 55.6 Å². The molecule has 4 nitrogen and oxygen atoms in total. The van der Waals surface area contributed by atoms with Gasteiger partial charge in [0.25, 0.3) is 0 Å². The fourth-order valence-electron chi connectivity index (χ4n) is 1.99. The van der Waals surface area contributed by atoms with Crippen LogP contribution in [-0.2, 0) is 16.1 Å². The molecular formula is C13H17BrN2O2. The van der Waals surface area contributed by atoms with Gasteiger partial charge in [0.1, 0.15) is 6.61 Å². The zero-order chi connectivity index (χ0) is 13.1. The number of aryl methyl sites for hydroxylation is 1. The second-order valence-electron chi connectivity index (χ2n) is 4.51. The zero-order valence-electron chi connectivity index (χ0n) is 10.4. The Morgan fingerprint density at radius 2 is 2.33 bits per heavy atom. The molecule has 0 radical (unpaired) electrons. The molecule has 1 heterocycles. The highest BCUT2D eigenvalue weighted by Gasteiger charge is 2.25. The second kappa shape index (κ2) is 5.82. The fraction of sp³-hybridized carbons (Fsp3) is 0.462. The van der Waals surface area contributed by atoms with Crippen LogP contribution in [0, 0.1) is 6.92 Å². The van der Waals surface area contributed by atoms with Crippen molar-refractivity contribution in [2.75, 3.05) is 19.7 Å². The summed E-state index contributed by atoms with van der Waals surface area (Å²) in [6, 6.07) is 6.10. The van der Waals surface area contributed by atoms with Crippen LogP contribution in [0.1, 0.15) is 11.1 Å². The Labute approximate surface area is 115 Å². The second-order valence-corrected chi connectivity index (χ2v) is 5.43. The maximum Gasteiger partial charge on any atom is 0.248 e. The lowest BCUT2D eigenvalue weighted by molar-refractivity contribution is -0.149. The number of rotatable bonds is 3. The van der Waals surface area contributed by atoms with E-state index in [4.69, 9.17) is 10.5 Å². The van der Waals surface area contributed by atoms with Crippen LogP contribution in [0.2, 0.25) is 0 Å². The number of nitrogens with two attached hydrogens (primary N) is 1. The van der Waals surface area contributed by atoms with Gasteiger partial charge < -0.3 is 15.4 Å². The van der Waals surface area contributed by atoms with Crippen molar-refractivity contribution in [2.24, 2.45) is 5.73 Å². The lowest BCUT2D eigenvalue weighted by atomic mass is 10.1. The Balaban J connectivity index is 2.11. The van der Waals surface area contributed by atoms with Crippen LogP contribution in [0.15, 0.2) is 22.7 Å². The molecule has 1 atom stereocenters. The minimum absolute atomic E-state index is 0.0269. The smallest absolute Gasteiger partial charge is 0.248 e. The summed E-state index contributed by atoms with van der Waals surface area (Å²) in [7, 11) is 0. The molecule has 1 aromatic rings. The normalized spacial score (nSPS) is 20.3. The number of carbonyl (C=O) groups excluding carboxylic acids is 1. The Morgan fingerprint density at radius 1 is 1.56 bits per heavy atom. The predicted molar refractivity (Wildman–Crippen MR) is 73.1 cm³/mol. The van der Waals surface area contributed by atoms with E-state index in [9.17, 15) is 4.79 Å². The van der Waals surface area contributed by atoms with E-state index in [0.717, 1.165) is 10.0 Å². The molecule has 0 aromatic heterocycles. The summed E-state index contributed by atoms with van der Waals surface area (Å²) < 4.78 is 6.36. The van der Waals surface area contributed by atoms with Crippen LogP contribution in [0.25, 0.3) is 0 Å². The molecule has 2 N–H and O–H groups in total. The van der Waals surface area contributed by atoms with Crippen LogP contribution in [0.5, 0.6) is 0 Å². The third-order valence-corrected chi connectivity index (χ3v) is 3.65. The first-order valence-electron chi connectivity index (χ1n) is 5.94. The van der Waals surface area contributed by atoms with E-state index < -0.39 is 0 Å². The lowest BCUT2D eigenvalue weighted by Gasteiger charge is -2.32. The molecule has 0 spiro atoms. The maximum absolute atomic E-state index is 11.8. The molecule has 0 bridgehead atoms. The van der Waals surface area contributed by atoms with Crippen LogP contribution >= 0.6 is 15.9 Å². The van der Waals surface area contributed by atoms with E-state index in [1.54, 1.807) is 0 Å². The number of ether oxygens (including phenoxy) is 1. The van der Waals surface area contributed by atoms with Crippen molar-refractivity contribution in [3.05, 3.63) is 33.8 Å². The first-order valence-corrected chi connectivity index (χ1v) is 6.74. The zero-order valence-corrected chi connectivity index (χ0v) is 11.9. The molecule has 1 fully saturated rings. The summed E-state index contributed by atoms with van der Waals surface area (Å²) in [6.45, 7) is 3.81. The summed E-state index contributed by atoms with van der Waals surface area (Å²) in [4.78, 5) is 13.6. The number of benzene rings is 1. The maximum atomic E-state index is 11.8. The van der Waals surface area contributed by atoms with Gasteiger partial charge in [0.05, 0.1) is 6.10 Å². The van der Waals surface area contributed by atoms with Crippen molar-refractivity contribution >= 4 is 21.8 Å². The molecule has 98 valence electrons. The first-order chi connectivity index (χ1) is 8.60. The van der Waals surface area contributed by atoms with Gasteiger partial charge in [0.2, 0.25) is 5.91 Å². The number of hydrogen-bond acceptors (Lipinski definition) is 3. The Kier molecular flexibility index (Phi) is 4.37. The molecule has 1 aromatic carbocycles. The molecule has 1 saturated heterocycles. The van der Waals surface area contributed by atoms with Crippen molar-refractivity contribution < 1.29 is 9.53 Å². The van der Waals surface area contributed by atoms with Crippen molar-refractivity contribution in [3.8, 4) is 0 Å². The van der Waals surface area contributed by atoms with Crippen LogP contribution < -0.4 is 5.73 Å². The third kappa shape index (κ3) is 3.10. The van der Waals surface area contributed by atoms with Gasteiger partial charge in [-0.2, -0.15) is 0 Å². The van der Waals surface area contributed by atoms with E-state index in [1.165, 1.54) is 5.56 Å². The predicted octanol–water partition coefficient (Wildman–Crippen LogP) is 1.44. The van der Waals surface area contributed by atoms with E-state index in [0.29, 0.717) is 19.6 Å². The molecule has 1 unspecified atom stereocenters. The van der Waals surface area contributed by atoms with Crippen LogP contribution in [0.4, 0.5) is 0 Å². The molecular weight excluding hydrogens is 296 g/mol. The third-order valence-electron chi connectivity index (χ3n) is 3.15. The van der Waals surface area contributed by atoms with E-state index in [-0.39, 0.29) is 18.6 Å². The minimum atomic E-state index is -0.0461. The Bertz CT molecular complexity index is 451. The van der Waals surface area contributed by atoms with Gasteiger partial charge >= 0.3 is 0 Å². The van der Waals surface area contributed by atoms with Crippen molar-refractivity contribution in [3.63, 3.8) is 0 Å². The van der Waals surface area contributed by atoms with Gasteiger partial charge in [-0.05, 0) is 30.2 Å². The van der Waals surface area contributed by atoms with Crippen molar-refractivity contribution in [2.45, 2.75) is 19.6 Å². The van der Waals surface area contributed by atoms with Gasteiger partial charge in [0, 0.05) is 24.1 Å². The van der Waals surface area contributed by atoms with Crippen LogP contribution in [0.3, 0.4) is 0 Å². The number of amides is 1. The molecule has 1 aliphatic heterocycles. The summed E-state index contributed by atoms with van der Waals surface area (Å²) in [5, 5.41) is 0. The van der Waals surface area contributed by atoms with Gasteiger partial charge in [-0.1, -0.05) is 22.0 Å². The molecule has 5 heteroatoms. The number of morpholine rings is 1. The molecule has 0 aliphatic carbocycles. The monoisotopic (exact) mass is 312 g/mol. The highest BCUT2D eigenvalue weighted by atomic mass is 79.9. The minimum Gasteiger partial charge on any atom is -0.365 e. The largest absolute Gasteiger partial charge is 0.365 e. The van der Waals surface area contributed by atoms with Gasteiger partial charge in [-0.3, -0.25) is 4.79 Å². The number of halogens is 1. The number of nitrogens with zero attached hydrogens (tertiary/aromatic N) is 1. The van der Waals surface area contributed by atoms with E-state index in [1.807, 2.05) is 24.0 Å². The van der Waals surface area contributed by atoms with E-state index in [2.05, 4.69) is 22.0 Å². The SMILES string of the molecule is Cc1ccc(Br)cc1CN1CC(CN)OCC1=O. The molecule has 1 aliphatic rings. The summed E-state index contributed by atoms with van der Waals surface area (Å²) in [5.41, 5.74) is 7.92. The highest BCUT2D eigenvalue weighted by molar-refractivity contribution is 9.10. The molecule has 0 saturated carbocycles. The highest BCUT2D eigenvalue weighted by Crippen LogP contribution is 2.19. The summed E-state index contributed by atoms with van der Waals surface area (Å²) >= 11 is 3.45. The van der Waals surface area contributed by atoms with E-state index >= 15 is 0 Å². The average molecular weight is 313 g/mol.